The van der Waals surface area contributed by atoms with E-state index in [0.717, 1.165) is 0 Å². The normalized spacial score (nSPS) is 10.9. The van der Waals surface area contributed by atoms with Crippen LogP contribution in [0, 0.1) is 0 Å². The second kappa shape index (κ2) is 4.30. The van der Waals surface area contributed by atoms with Crippen LogP contribution >= 0.6 is 27.5 Å². The van der Waals surface area contributed by atoms with Crippen LogP contribution < -0.4 is 5.73 Å². The molecule has 0 aliphatic rings. The topological polar surface area (TPSA) is 38.9 Å². The Labute approximate surface area is 87.2 Å². The second-order valence-corrected chi connectivity index (χ2v) is 3.44. The predicted molar refractivity (Wildman–Crippen MR) is 49.8 cm³/mol. The summed E-state index contributed by atoms with van der Waals surface area (Å²) in [5, 5.41) is -0.0628. The molecule has 0 aromatic carbocycles. The summed E-state index contributed by atoms with van der Waals surface area (Å²) in [7, 11) is 0. The van der Waals surface area contributed by atoms with Crippen LogP contribution in [0.25, 0.3) is 0 Å². The number of hydrogen-bond donors (Lipinski definition) is 1. The zero-order valence-electron chi connectivity index (χ0n) is 6.40. The smallest absolute Gasteiger partial charge is 0.265 e. The van der Waals surface area contributed by atoms with Crippen molar-refractivity contribution in [2.75, 3.05) is 0 Å². The minimum Gasteiger partial charge on any atom is -0.325 e. The molecule has 0 bridgehead atoms. The van der Waals surface area contributed by atoms with Crippen LogP contribution in [0.2, 0.25) is 5.02 Å². The van der Waals surface area contributed by atoms with Gasteiger partial charge in [-0.2, -0.15) is 0 Å². The van der Waals surface area contributed by atoms with E-state index >= 15 is 0 Å². The van der Waals surface area contributed by atoms with Crippen LogP contribution in [0.4, 0.5) is 8.78 Å². The molecule has 0 amide bonds. The Morgan fingerprint density at radius 1 is 1.62 bits per heavy atom. The number of nitrogens with zero attached hydrogens (tertiary/aromatic N) is 1. The van der Waals surface area contributed by atoms with Gasteiger partial charge in [0.05, 0.1) is 10.7 Å². The average Bonchev–Trinajstić information content (AvgIpc) is 2.09. The van der Waals surface area contributed by atoms with Gasteiger partial charge in [-0.05, 0) is 22.0 Å². The Bertz CT molecular complexity index is 320. The zero-order chi connectivity index (χ0) is 10.0. The number of halogens is 4. The van der Waals surface area contributed by atoms with E-state index in [1.54, 1.807) is 0 Å². The molecule has 0 aliphatic carbocycles. The molecule has 0 radical (unpaired) electrons. The van der Waals surface area contributed by atoms with Crippen LogP contribution in [0.15, 0.2) is 10.7 Å². The molecule has 2 nitrogen and oxygen atoms in total. The van der Waals surface area contributed by atoms with Gasteiger partial charge < -0.3 is 5.73 Å². The number of aromatic nitrogens is 1. The standard InChI is InChI=1S/C7H6BrClF2N2/c8-6-5(9)4(7(10)11)1-3(2-12)13-6/h1,7H,2,12H2. The molecule has 0 atom stereocenters. The van der Waals surface area contributed by atoms with E-state index in [0.29, 0.717) is 5.69 Å². The first-order valence-corrected chi connectivity index (χ1v) is 4.56. The molecule has 6 heteroatoms. The van der Waals surface area contributed by atoms with Gasteiger partial charge in [-0.15, -0.1) is 0 Å². The maximum absolute atomic E-state index is 12.4. The van der Waals surface area contributed by atoms with Gasteiger partial charge in [0.15, 0.2) is 0 Å². The first-order valence-electron chi connectivity index (χ1n) is 3.39. The van der Waals surface area contributed by atoms with Crippen molar-refractivity contribution in [3.05, 3.63) is 26.9 Å². The predicted octanol–water partition coefficient (Wildman–Crippen LogP) is 2.89. The Morgan fingerprint density at radius 2 is 2.23 bits per heavy atom. The fourth-order valence-corrected chi connectivity index (χ4v) is 1.47. The summed E-state index contributed by atoms with van der Waals surface area (Å²) in [6, 6.07) is 1.21. The Morgan fingerprint density at radius 3 is 2.69 bits per heavy atom. The van der Waals surface area contributed by atoms with Crippen LogP contribution in [-0.2, 0) is 6.54 Å². The largest absolute Gasteiger partial charge is 0.325 e. The molecule has 0 aliphatic heterocycles. The van der Waals surface area contributed by atoms with E-state index in [1.165, 1.54) is 6.07 Å². The lowest BCUT2D eigenvalue weighted by atomic mass is 10.2. The van der Waals surface area contributed by atoms with Gasteiger partial charge in [0.25, 0.3) is 6.43 Å². The van der Waals surface area contributed by atoms with Crippen molar-refractivity contribution < 1.29 is 8.78 Å². The molecule has 0 saturated carbocycles. The molecule has 0 fully saturated rings. The molecule has 0 spiro atoms. The number of hydrogen-bond acceptors (Lipinski definition) is 2. The number of rotatable bonds is 2. The summed E-state index contributed by atoms with van der Waals surface area (Å²) in [4.78, 5) is 3.86. The van der Waals surface area contributed by atoms with E-state index in [2.05, 4.69) is 20.9 Å². The first-order chi connectivity index (χ1) is 6.06. The van der Waals surface area contributed by atoms with Crippen molar-refractivity contribution in [2.45, 2.75) is 13.0 Å². The molecule has 0 saturated heterocycles. The van der Waals surface area contributed by atoms with E-state index in [-0.39, 0.29) is 21.7 Å². The summed E-state index contributed by atoms with van der Waals surface area (Å²) in [6.07, 6.45) is -2.61. The molecule has 1 aromatic rings. The summed E-state index contributed by atoms with van der Waals surface area (Å²) in [5.41, 5.74) is 5.40. The Hall–Kier alpha value is -0.260. The van der Waals surface area contributed by atoms with Gasteiger partial charge in [0, 0.05) is 12.1 Å². The van der Waals surface area contributed by atoms with Crippen molar-refractivity contribution in [3.63, 3.8) is 0 Å². The molecule has 1 heterocycles. The summed E-state index contributed by atoms with van der Waals surface area (Å²) in [6.45, 7) is 0.107. The maximum Gasteiger partial charge on any atom is 0.265 e. The molecular formula is C7H6BrClF2N2. The van der Waals surface area contributed by atoms with Gasteiger partial charge in [-0.3, -0.25) is 0 Å². The average molecular weight is 271 g/mol. The zero-order valence-corrected chi connectivity index (χ0v) is 8.74. The number of pyridine rings is 1. The maximum atomic E-state index is 12.4. The van der Waals surface area contributed by atoms with Gasteiger partial charge >= 0.3 is 0 Å². The quantitative estimate of drug-likeness (QED) is 0.840. The lowest BCUT2D eigenvalue weighted by Gasteiger charge is -2.06. The number of alkyl halides is 2. The van der Waals surface area contributed by atoms with E-state index in [9.17, 15) is 8.78 Å². The van der Waals surface area contributed by atoms with E-state index in [1.807, 2.05) is 0 Å². The SMILES string of the molecule is NCc1cc(C(F)F)c(Cl)c(Br)n1. The Balaban J connectivity index is 3.25. The van der Waals surface area contributed by atoms with Crippen LogP contribution in [0.3, 0.4) is 0 Å². The van der Waals surface area contributed by atoms with Gasteiger partial charge in [0.2, 0.25) is 0 Å². The molecule has 2 N–H and O–H groups in total. The molecular weight excluding hydrogens is 265 g/mol. The molecule has 1 rings (SSSR count). The molecule has 0 unspecified atom stereocenters. The van der Waals surface area contributed by atoms with E-state index in [4.69, 9.17) is 17.3 Å². The first kappa shape index (κ1) is 10.8. The highest BCUT2D eigenvalue weighted by atomic mass is 79.9. The van der Waals surface area contributed by atoms with Gasteiger partial charge in [0.1, 0.15) is 4.60 Å². The summed E-state index contributed by atoms with van der Waals surface area (Å²) < 4.78 is 24.9. The fraction of sp³-hybridized carbons (Fsp3) is 0.286. The second-order valence-electron chi connectivity index (χ2n) is 2.31. The van der Waals surface area contributed by atoms with Crippen molar-refractivity contribution in [1.29, 1.82) is 0 Å². The minimum atomic E-state index is -2.61. The van der Waals surface area contributed by atoms with E-state index < -0.39 is 6.43 Å². The Kier molecular flexibility index (Phi) is 3.58. The van der Waals surface area contributed by atoms with Crippen molar-refractivity contribution >= 4 is 27.5 Å². The van der Waals surface area contributed by atoms with Crippen LogP contribution in [-0.4, -0.2) is 4.98 Å². The fourth-order valence-electron chi connectivity index (χ4n) is 0.833. The lowest BCUT2D eigenvalue weighted by molar-refractivity contribution is 0.151. The van der Waals surface area contributed by atoms with Crippen molar-refractivity contribution in [2.24, 2.45) is 5.73 Å². The van der Waals surface area contributed by atoms with Crippen molar-refractivity contribution in [1.82, 2.24) is 4.98 Å². The monoisotopic (exact) mass is 270 g/mol. The van der Waals surface area contributed by atoms with Gasteiger partial charge in [-0.25, -0.2) is 13.8 Å². The third kappa shape index (κ3) is 2.36. The molecule has 1 aromatic heterocycles. The summed E-state index contributed by atoms with van der Waals surface area (Å²) in [5.74, 6) is 0. The van der Waals surface area contributed by atoms with Crippen LogP contribution in [0.1, 0.15) is 17.7 Å². The lowest BCUT2D eigenvalue weighted by Crippen LogP contribution is -2.02. The number of nitrogens with two attached hydrogens (primary N) is 1. The highest BCUT2D eigenvalue weighted by Gasteiger charge is 2.16. The van der Waals surface area contributed by atoms with Crippen molar-refractivity contribution in [3.8, 4) is 0 Å². The highest BCUT2D eigenvalue weighted by Crippen LogP contribution is 2.32. The third-order valence-corrected chi connectivity index (χ3v) is 2.64. The minimum absolute atomic E-state index is 0.0628. The summed E-state index contributed by atoms with van der Waals surface area (Å²) >= 11 is 8.56. The van der Waals surface area contributed by atoms with Gasteiger partial charge in [-0.1, -0.05) is 11.6 Å². The third-order valence-electron chi connectivity index (χ3n) is 1.44. The molecule has 13 heavy (non-hydrogen) atoms. The van der Waals surface area contributed by atoms with Crippen LogP contribution in [0.5, 0.6) is 0 Å². The highest BCUT2D eigenvalue weighted by molar-refractivity contribution is 9.10. The molecule has 72 valence electrons.